The molecule has 0 fully saturated rings. The van der Waals surface area contributed by atoms with Crippen LogP contribution in [0.1, 0.15) is 25.9 Å². The standard InChI is InChI=1S/C16H12N2O4S/c1-9-13(16(20)21)23-15(17-9)10-4-6-11(7-5-10)18-14(19)12-3-2-8-22-12/h2-8H,1H3,(H,18,19)(H,20,21). The summed E-state index contributed by atoms with van der Waals surface area (Å²) in [7, 11) is 0. The third kappa shape index (κ3) is 3.14. The van der Waals surface area contributed by atoms with Crippen LogP contribution in [0.15, 0.2) is 47.1 Å². The van der Waals surface area contributed by atoms with Crippen LogP contribution in [0.5, 0.6) is 0 Å². The zero-order valence-electron chi connectivity index (χ0n) is 12.1. The second-order valence-electron chi connectivity index (χ2n) is 4.75. The molecule has 2 N–H and O–H groups in total. The summed E-state index contributed by atoms with van der Waals surface area (Å²) >= 11 is 1.13. The van der Waals surface area contributed by atoms with Gasteiger partial charge in [-0.3, -0.25) is 4.79 Å². The van der Waals surface area contributed by atoms with E-state index in [-0.39, 0.29) is 16.5 Å². The van der Waals surface area contributed by atoms with Crippen molar-refractivity contribution in [3.63, 3.8) is 0 Å². The van der Waals surface area contributed by atoms with Gasteiger partial charge in [0.1, 0.15) is 9.88 Å². The van der Waals surface area contributed by atoms with Crippen LogP contribution in [0.25, 0.3) is 10.6 Å². The Bertz CT molecular complexity index is 851. The molecule has 0 aliphatic heterocycles. The van der Waals surface area contributed by atoms with E-state index in [4.69, 9.17) is 9.52 Å². The Labute approximate surface area is 135 Å². The Kier molecular flexibility index (Phi) is 3.94. The number of aromatic nitrogens is 1. The van der Waals surface area contributed by atoms with Crippen LogP contribution in [0.3, 0.4) is 0 Å². The zero-order valence-corrected chi connectivity index (χ0v) is 12.9. The van der Waals surface area contributed by atoms with Crippen molar-refractivity contribution in [1.82, 2.24) is 4.98 Å². The number of anilines is 1. The first kappa shape index (κ1) is 15.0. The Morgan fingerprint density at radius 1 is 1.22 bits per heavy atom. The highest BCUT2D eigenvalue weighted by Crippen LogP contribution is 2.28. The molecular formula is C16H12N2O4S. The molecule has 0 radical (unpaired) electrons. The molecule has 116 valence electrons. The number of carbonyl (C=O) groups is 2. The van der Waals surface area contributed by atoms with E-state index in [1.54, 1.807) is 43.3 Å². The monoisotopic (exact) mass is 328 g/mol. The summed E-state index contributed by atoms with van der Waals surface area (Å²) in [5.41, 5.74) is 1.90. The molecule has 0 aliphatic rings. The van der Waals surface area contributed by atoms with E-state index >= 15 is 0 Å². The average Bonchev–Trinajstić information content (AvgIpc) is 3.17. The van der Waals surface area contributed by atoms with Gasteiger partial charge in [0.2, 0.25) is 0 Å². The lowest BCUT2D eigenvalue weighted by Crippen LogP contribution is -2.10. The van der Waals surface area contributed by atoms with Crippen LogP contribution in [-0.2, 0) is 0 Å². The minimum atomic E-state index is -0.978. The summed E-state index contributed by atoms with van der Waals surface area (Å²) in [6.45, 7) is 1.67. The number of furan rings is 1. The maximum absolute atomic E-state index is 11.9. The van der Waals surface area contributed by atoms with Crippen LogP contribution in [0.4, 0.5) is 5.69 Å². The number of rotatable bonds is 4. The van der Waals surface area contributed by atoms with Crippen LogP contribution in [0, 0.1) is 6.92 Å². The molecule has 2 aromatic heterocycles. The molecule has 3 aromatic rings. The van der Waals surface area contributed by atoms with Gasteiger partial charge in [0.15, 0.2) is 5.76 Å². The second kappa shape index (κ2) is 6.05. The van der Waals surface area contributed by atoms with Crippen molar-refractivity contribution in [2.24, 2.45) is 0 Å². The van der Waals surface area contributed by atoms with E-state index in [2.05, 4.69) is 10.3 Å². The largest absolute Gasteiger partial charge is 0.477 e. The van der Waals surface area contributed by atoms with E-state index in [0.717, 1.165) is 16.9 Å². The van der Waals surface area contributed by atoms with Gasteiger partial charge in [0.25, 0.3) is 5.91 Å². The fourth-order valence-electron chi connectivity index (χ4n) is 2.01. The van der Waals surface area contributed by atoms with Gasteiger partial charge in [-0.15, -0.1) is 11.3 Å². The lowest BCUT2D eigenvalue weighted by atomic mass is 10.2. The highest BCUT2D eigenvalue weighted by Gasteiger charge is 2.15. The Hall–Kier alpha value is -2.93. The Balaban J connectivity index is 1.78. The van der Waals surface area contributed by atoms with E-state index in [9.17, 15) is 9.59 Å². The van der Waals surface area contributed by atoms with Crippen molar-refractivity contribution in [3.05, 3.63) is 59.0 Å². The first-order valence-electron chi connectivity index (χ1n) is 6.70. The molecule has 23 heavy (non-hydrogen) atoms. The van der Waals surface area contributed by atoms with Gasteiger partial charge in [-0.2, -0.15) is 0 Å². The molecule has 0 saturated heterocycles. The number of carboxylic acids is 1. The van der Waals surface area contributed by atoms with Crippen LogP contribution >= 0.6 is 11.3 Å². The minimum Gasteiger partial charge on any atom is -0.477 e. The van der Waals surface area contributed by atoms with Crippen molar-refractivity contribution in [2.75, 3.05) is 5.32 Å². The van der Waals surface area contributed by atoms with E-state index in [0.29, 0.717) is 16.4 Å². The molecule has 0 spiro atoms. The summed E-state index contributed by atoms with van der Waals surface area (Å²) in [4.78, 5) is 27.4. The second-order valence-corrected chi connectivity index (χ2v) is 5.75. The number of carboxylic acid groups (broad SMARTS) is 1. The minimum absolute atomic E-state index is 0.232. The number of nitrogens with zero attached hydrogens (tertiary/aromatic N) is 1. The van der Waals surface area contributed by atoms with Gasteiger partial charge >= 0.3 is 5.97 Å². The van der Waals surface area contributed by atoms with Crippen LogP contribution in [-0.4, -0.2) is 22.0 Å². The third-order valence-electron chi connectivity index (χ3n) is 3.13. The number of aryl methyl sites for hydroxylation is 1. The summed E-state index contributed by atoms with van der Waals surface area (Å²) in [5.74, 6) is -1.08. The third-order valence-corrected chi connectivity index (χ3v) is 4.32. The number of nitrogens with one attached hydrogen (secondary N) is 1. The number of hydrogen-bond donors (Lipinski definition) is 2. The van der Waals surface area contributed by atoms with Gasteiger partial charge < -0.3 is 14.8 Å². The number of carbonyl (C=O) groups excluding carboxylic acids is 1. The molecule has 0 bridgehead atoms. The number of amides is 1. The highest BCUT2D eigenvalue weighted by molar-refractivity contribution is 7.17. The maximum Gasteiger partial charge on any atom is 0.347 e. The van der Waals surface area contributed by atoms with Crippen LogP contribution in [0.2, 0.25) is 0 Å². The van der Waals surface area contributed by atoms with Gasteiger partial charge in [0.05, 0.1) is 12.0 Å². The van der Waals surface area contributed by atoms with Gasteiger partial charge in [0, 0.05) is 11.3 Å². The van der Waals surface area contributed by atoms with Gasteiger partial charge in [-0.25, -0.2) is 9.78 Å². The molecule has 6 nitrogen and oxygen atoms in total. The average molecular weight is 328 g/mol. The fraction of sp³-hybridized carbons (Fsp3) is 0.0625. The number of benzene rings is 1. The van der Waals surface area contributed by atoms with Crippen molar-refractivity contribution in [1.29, 1.82) is 0 Å². The summed E-state index contributed by atoms with van der Waals surface area (Å²) in [6, 6.07) is 10.2. The normalized spacial score (nSPS) is 10.5. The topological polar surface area (TPSA) is 92.4 Å². The summed E-state index contributed by atoms with van der Waals surface area (Å²) in [5, 5.41) is 12.4. The fourth-order valence-corrected chi connectivity index (χ4v) is 2.93. The first-order valence-corrected chi connectivity index (χ1v) is 7.52. The van der Waals surface area contributed by atoms with Crippen molar-refractivity contribution >= 4 is 28.9 Å². The molecule has 0 unspecified atom stereocenters. The molecule has 2 heterocycles. The molecular weight excluding hydrogens is 316 g/mol. The molecule has 3 rings (SSSR count). The number of hydrogen-bond acceptors (Lipinski definition) is 5. The van der Waals surface area contributed by atoms with Gasteiger partial charge in [-0.05, 0) is 43.3 Å². The van der Waals surface area contributed by atoms with E-state index in [1.807, 2.05) is 0 Å². The first-order chi connectivity index (χ1) is 11.0. The lowest BCUT2D eigenvalue weighted by Gasteiger charge is -2.04. The summed E-state index contributed by atoms with van der Waals surface area (Å²) < 4.78 is 5.02. The number of aromatic carboxylic acids is 1. The lowest BCUT2D eigenvalue weighted by molar-refractivity contribution is 0.0701. The molecule has 1 aromatic carbocycles. The zero-order chi connectivity index (χ0) is 16.4. The SMILES string of the molecule is Cc1nc(-c2ccc(NC(=O)c3ccco3)cc2)sc1C(=O)O. The quantitative estimate of drug-likeness (QED) is 0.762. The highest BCUT2D eigenvalue weighted by atomic mass is 32.1. The van der Waals surface area contributed by atoms with E-state index < -0.39 is 5.97 Å². The molecule has 7 heteroatoms. The smallest absolute Gasteiger partial charge is 0.347 e. The molecule has 0 atom stereocenters. The predicted molar refractivity (Wildman–Crippen MR) is 85.9 cm³/mol. The van der Waals surface area contributed by atoms with Crippen molar-refractivity contribution in [3.8, 4) is 10.6 Å². The van der Waals surface area contributed by atoms with Gasteiger partial charge in [-0.1, -0.05) is 0 Å². The molecule has 1 amide bonds. The number of thiazole rings is 1. The maximum atomic E-state index is 11.9. The molecule has 0 aliphatic carbocycles. The molecule has 0 saturated carbocycles. The van der Waals surface area contributed by atoms with Crippen molar-refractivity contribution < 1.29 is 19.1 Å². The Morgan fingerprint density at radius 2 is 1.96 bits per heavy atom. The summed E-state index contributed by atoms with van der Waals surface area (Å²) in [6.07, 6.45) is 1.43. The van der Waals surface area contributed by atoms with Crippen LogP contribution < -0.4 is 5.32 Å². The van der Waals surface area contributed by atoms with E-state index in [1.165, 1.54) is 6.26 Å². The Morgan fingerprint density at radius 3 is 2.52 bits per heavy atom. The predicted octanol–water partition coefficient (Wildman–Crippen LogP) is 3.66. The van der Waals surface area contributed by atoms with Crippen molar-refractivity contribution in [2.45, 2.75) is 6.92 Å².